The van der Waals surface area contributed by atoms with Crippen molar-refractivity contribution in [3.05, 3.63) is 35.4 Å². The van der Waals surface area contributed by atoms with Crippen LogP contribution in [0.1, 0.15) is 0 Å². The normalized spacial score (nSPS) is 10.7. The summed E-state index contributed by atoms with van der Waals surface area (Å²) in [5.74, 6) is -0.158. The summed E-state index contributed by atoms with van der Waals surface area (Å²) in [6, 6.07) is 4.46. The summed E-state index contributed by atoms with van der Waals surface area (Å²) in [5.41, 5.74) is 5.60. The molecule has 4 nitrogen and oxygen atoms in total. The lowest BCUT2D eigenvalue weighted by Crippen LogP contribution is -2.10. The van der Waals surface area contributed by atoms with Gasteiger partial charge in [0.25, 0.3) is 0 Å². The number of rotatable bonds is 3. The van der Waals surface area contributed by atoms with Crippen molar-refractivity contribution in [1.82, 2.24) is 14.8 Å². The lowest BCUT2D eigenvalue weighted by molar-refractivity contribution is 0.618. The zero-order valence-electron chi connectivity index (χ0n) is 8.40. The summed E-state index contributed by atoms with van der Waals surface area (Å²) < 4.78 is 15.1. The van der Waals surface area contributed by atoms with E-state index in [0.29, 0.717) is 18.1 Å². The molecule has 0 aliphatic carbocycles. The second-order valence-electron chi connectivity index (χ2n) is 3.22. The number of hydrogen-bond acceptors (Lipinski definition) is 3. The van der Waals surface area contributed by atoms with Crippen LogP contribution >= 0.6 is 11.6 Å². The minimum atomic E-state index is -0.432. The molecule has 0 unspecified atom stereocenters. The van der Waals surface area contributed by atoms with Gasteiger partial charge >= 0.3 is 0 Å². The monoisotopic (exact) mass is 240 g/mol. The summed E-state index contributed by atoms with van der Waals surface area (Å²) in [4.78, 5) is 4.00. The van der Waals surface area contributed by atoms with Gasteiger partial charge in [-0.05, 0) is 12.1 Å². The maximum Gasteiger partial charge on any atom is 0.185 e. The Morgan fingerprint density at radius 2 is 2.25 bits per heavy atom. The summed E-state index contributed by atoms with van der Waals surface area (Å²) in [6.45, 7) is 0.993. The van der Waals surface area contributed by atoms with Gasteiger partial charge in [-0.2, -0.15) is 5.10 Å². The third kappa shape index (κ3) is 2.05. The van der Waals surface area contributed by atoms with Crippen molar-refractivity contribution in [3.8, 4) is 11.4 Å². The molecule has 2 rings (SSSR count). The topological polar surface area (TPSA) is 56.7 Å². The first-order valence-electron chi connectivity index (χ1n) is 4.76. The molecule has 0 saturated carbocycles. The van der Waals surface area contributed by atoms with Crippen molar-refractivity contribution in [2.24, 2.45) is 5.73 Å². The van der Waals surface area contributed by atoms with Crippen molar-refractivity contribution in [3.63, 3.8) is 0 Å². The average Bonchev–Trinajstić information content (AvgIpc) is 2.67. The number of benzene rings is 1. The Morgan fingerprint density at radius 3 is 2.94 bits per heavy atom. The van der Waals surface area contributed by atoms with Gasteiger partial charge < -0.3 is 5.73 Å². The highest BCUT2D eigenvalue weighted by Crippen LogP contribution is 2.27. The van der Waals surface area contributed by atoms with Crippen LogP contribution in [-0.2, 0) is 6.54 Å². The molecule has 0 spiro atoms. The van der Waals surface area contributed by atoms with E-state index < -0.39 is 5.82 Å². The molecule has 0 aliphatic rings. The van der Waals surface area contributed by atoms with E-state index in [4.69, 9.17) is 17.3 Å². The van der Waals surface area contributed by atoms with Crippen LogP contribution in [0, 0.1) is 5.82 Å². The molecule has 16 heavy (non-hydrogen) atoms. The van der Waals surface area contributed by atoms with Gasteiger partial charge in [0.2, 0.25) is 0 Å². The van der Waals surface area contributed by atoms with E-state index in [9.17, 15) is 4.39 Å². The maximum atomic E-state index is 13.5. The van der Waals surface area contributed by atoms with Crippen LogP contribution in [0.15, 0.2) is 24.5 Å². The number of hydrogen-bond donors (Lipinski definition) is 1. The Balaban J connectivity index is 2.42. The van der Waals surface area contributed by atoms with Crippen LogP contribution in [0.5, 0.6) is 0 Å². The first-order valence-corrected chi connectivity index (χ1v) is 5.14. The predicted octanol–water partition coefficient (Wildman–Crippen LogP) is 1.70. The summed E-state index contributed by atoms with van der Waals surface area (Å²) in [5, 5.41) is 4.39. The fourth-order valence-corrected chi connectivity index (χ4v) is 1.61. The van der Waals surface area contributed by atoms with Gasteiger partial charge in [0.1, 0.15) is 12.1 Å². The van der Waals surface area contributed by atoms with Crippen molar-refractivity contribution in [1.29, 1.82) is 0 Å². The van der Waals surface area contributed by atoms with E-state index in [1.54, 1.807) is 10.7 Å². The molecule has 0 radical (unpaired) electrons. The van der Waals surface area contributed by atoms with E-state index in [-0.39, 0.29) is 11.4 Å². The third-order valence-corrected chi connectivity index (χ3v) is 2.40. The molecule has 84 valence electrons. The molecule has 0 amide bonds. The largest absolute Gasteiger partial charge is 0.329 e. The number of halogens is 2. The predicted molar refractivity (Wildman–Crippen MR) is 59.5 cm³/mol. The summed E-state index contributed by atoms with van der Waals surface area (Å²) >= 11 is 5.90. The highest BCUT2D eigenvalue weighted by Gasteiger charge is 2.13. The summed E-state index contributed by atoms with van der Waals surface area (Å²) in [7, 11) is 0. The molecule has 0 saturated heterocycles. The molecule has 0 atom stereocenters. The van der Waals surface area contributed by atoms with Gasteiger partial charge in [-0.25, -0.2) is 9.37 Å². The lowest BCUT2D eigenvalue weighted by atomic mass is 10.2. The summed E-state index contributed by atoms with van der Waals surface area (Å²) in [6.07, 6.45) is 1.50. The first kappa shape index (κ1) is 11.0. The minimum absolute atomic E-state index is 0.222. The Labute approximate surface area is 96.9 Å². The van der Waals surface area contributed by atoms with Crippen LogP contribution in [0.2, 0.25) is 5.02 Å². The van der Waals surface area contributed by atoms with Gasteiger partial charge in [-0.15, -0.1) is 0 Å². The van der Waals surface area contributed by atoms with Crippen molar-refractivity contribution in [2.45, 2.75) is 6.54 Å². The van der Waals surface area contributed by atoms with Crippen LogP contribution in [0.3, 0.4) is 0 Å². The molecule has 6 heteroatoms. The van der Waals surface area contributed by atoms with Crippen molar-refractivity contribution >= 4 is 11.6 Å². The van der Waals surface area contributed by atoms with Crippen LogP contribution in [0.25, 0.3) is 11.4 Å². The van der Waals surface area contributed by atoms with Crippen LogP contribution < -0.4 is 5.73 Å². The Bertz CT molecular complexity index is 477. The molecule has 0 aliphatic heterocycles. The molecule has 1 aromatic heterocycles. The SMILES string of the molecule is NCCn1cnc(-c2c(F)cccc2Cl)n1. The quantitative estimate of drug-likeness (QED) is 0.888. The van der Waals surface area contributed by atoms with Gasteiger partial charge in [0.15, 0.2) is 5.82 Å². The first-order chi connectivity index (χ1) is 7.72. The van der Waals surface area contributed by atoms with E-state index in [1.807, 2.05) is 0 Å². The number of nitrogens with zero attached hydrogens (tertiary/aromatic N) is 3. The molecule has 0 bridgehead atoms. The fourth-order valence-electron chi connectivity index (χ4n) is 1.36. The molecule has 2 N–H and O–H groups in total. The van der Waals surface area contributed by atoms with Crippen molar-refractivity contribution in [2.75, 3.05) is 6.54 Å². The molecule has 2 aromatic rings. The van der Waals surface area contributed by atoms with E-state index in [0.717, 1.165) is 0 Å². The highest BCUT2D eigenvalue weighted by atomic mass is 35.5. The van der Waals surface area contributed by atoms with E-state index >= 15 is 0 Å². The molecular weight excluding hydrogens is 231 g/mol. The van der Waals surface area contributed by atoms with Crippen LogP contribution in [-0.4, -0.2) is 21.3 Å². The Hall–Kier alpha value is -1.46. The third-order valence-electron chi connectivity index (χ3n) is 2.08. The van der Waals surface area contributed by atoms with Crippen molar-refractivity contribution < 1.29 is 4.39 Å². The zero-order valence-corrected chi connectivity index (χ0v) is 9.15. The van der Waals surface area contributed by atoms with E-state index in [2.05, 4.69) is 10.1 Å². The van der Waals surface area contributed by atoms with Gasteiger partial charge in [0, 0.05) is 6.54 Å². The molecular formula is C10H10ClFN4. The maximum absolute atomic E-state index is 13.5. The molecule has 0 fully saturated rings. The number of nitrogens with two attached hydrogens (primary N) is 1. The minimum Gasteiger partial charge on any atom is -0.329 e. The number of aromatic nitrogens is 3. The second-order valence-corrected chi connectivity index (χ2v) is 3.62. The lowest BCUT2D eigenvalue weighted by Gasteiger charge is -2.00. The van der Waals surface area contributed by atoms with Crippen LogP contribution in [0.4, 0.5) is 4.39 Å². The Morgan fingerprint density at radius 1 is 1.44 bits per heavy atom. The highest BCUT2D eigenvalue weighted by molar-refractivity contribution is 6.33. The fraction of sp³-hybridized carbons (Fsp3) is 0.200. The van der Waals surface area contributed by atoms with Gasteiger partial charge in [-0.3, -0.25) is 4.68 Å². The molecule has 1 heterocycles. The zero-order chi connectivity index (χ0) is 11.5. The average molecular weight is 241 g/mol. The van der Waals surface area contributed by atoms with E-state index in [1.165, 1.54) is 18.5 Å². The molecule has 1 aromatic carbocycles. The van der Waals surface area contributed by atoms with Gasteiger partial charge in [0.05, 0.1) is 17.1 Å². The Kier molecular flexibility index (Phi) is 3.17. The van der Waals surface area contributed by atoms with Gasteiger partial charge in [-0.1, -0.05) is 17.7 Å². The standard InChI is InChI=1S/C10H10ClFN4/c11-7-2-1-3-8(12)9(7)10-14-6-16(15-10)5-4-13/h1-3,6H,4-5,13H2. The smallest absolute Gasteiger partial charge is 0.185 e. The second kappa shape index (κ2) is 4.59.